The zero-order valence-electron chi connectivity index (χ0n) is 9.80. The number of nitrogens with zero attached hydrogens (tertiary/aromatic N) is 1. The van der Waals surface area contributed by atoms with Crippen LogP contribution in [0.1, 0.15) is 12.5 Å². The van der Waals surface area contributed by atoms with Crippen molar-refractivity contribution >= 4 is 11.8 Å². The lowest BCUT2D eigenvalue weighted by atomic mass is 10.0. The zero-order valence-corrected chi connectivity index (χ0v) is 9.80. The highest BCUT2D eigenvalue weighted by Crippen LogP contribution is 2.38. The van der Waals surface area contributed by atoms with Crippen LogP contribution in [0.4, 0.5) is 32.2 Å². The van der Waals surface area contributed by atoms with Crippen molar-refractivity contribution in [1.29, 1.82) is 0 Å². The number of alkyl halides is 6. The van der Waals surface area contributed by atoms with Crippen LogP contribution in [0, 0.1) is 0 Å². The van der Waals surface area contributed by atoms with Crippen LogP contribution in [-0.4, -0.2) is 27.8 Å². The predicted molar refractivity (Wildman–Crippen MR) is 55.0 cm³/mol. The maximum atomic E-state index is 12.7. The van der Waals surface area contributed by atoms with Crippen molar-refractivity contribution in [2.45, 2.75) is 24.8 Å². The summed E-state index contributed by atoms with van der Waals surface area (Å²) < 4.78 is 76.0. The molecular formula is C10H8F6N2O2. The third-order valence-corrected chi connectivity index (χ3v) is 2.48. The van der Waals surface area contributed by atoms with Crippen molar-refractivity contribution in [3.63, 3.8) is 0 Å². The van der Waals surface area contributed by atoms with E-state index in [1.165, 1.54) is 5.32 Å². The van der Waals surface area contributed by atoms with Gasteiger partial charge in [0.2, 0.25) is 5.54 Å². The maximum absolute atomic E-state index is 12.7. The van der Waals surface area contributed by atoms with Crippen LogP contribution in [0.5, 0.6) is 0 Å². The summed E-state index contributed by atoms with van der Waals surface area (Å²) in [4.78, 5) is 13.9. The molecule has 0 saturated heterocycles. The van der Waals surface area contributed by atoms with Crippen LogP contribution < -0.4 is 5.32 Å². The van der Waals surface area contributed by atoms with E-state index >= 15 is 0 Å². The Hall–Kier alpha value is -2.00. The number of anilines is 1. The van der Waals surface area contributed by atoms with Crippen LogP contribution in [0.2, 0.25) is 0 Å². The smallest absolute Gasteiger partial charge is 0.422 e. The van der Waals surface area contributed by atoms with E-state index in [1.807, 2.05) is 0 Å². The van der Waals surface area contributed by atoms with Crippen LogP contribution >= 0.6 is 0 Å². The summed E-state index contributed by atoms with van der Waals surface area (Å²) >= 11 is 0. The topological polar surface area (TPSA) is 62.2 Å². The van der Waals surface area contributed by atoms with E-state index in [0.717, 1.165) is 12.3 Å². The van der Waals surface area contributed by atoms with Gasteiger partial charge < -0.3 is 10.4 Å². The SMILES string of the molecule is CC(Nc1ncccc1C(F)(F)F)(C(=O)O)C(F)(F)F. The highest BCUT2D eigenvalue weighted by molar-refractivity contribution is 5.83. The fourth-order valence-corrected chi connectivity index (χ4v) is 1.22. The average molecular weight is 302 g/mol. The number of rotatable bonds is 3. The molecule has 1 heterocycles. The van der Waals surface area contributed by atoms with Gasteiger partial charge in [0.05, 0.1) is 5.56 Å². The van der Waals surface area contributed by atoms with Crippen LogP contribution in [-0.2, 0) is 11.0 Å². The van der Waals surface area contributed by atoms with Gasteiger partial charge in [-0.2, -0.15) is 26.3 Å². The zero-order chi connectivity index (χ0) is 15.8. The third-order valence-electron chi connectivity index (χ3n) is 2.48. The summed E-state index contributed by atoms with van der Waals surface area (Å²) in [5, 5.41) is 9.95. The molecule has 0 aliphatic heterocycles. The molecule has 0 bridgehead atoms. The number of carbonyl (C=O) groups is 1. The number of carboxylic acids is 1. The van der Waals surface area contributed by atoms with Gasteiger partial charge in [0.25, 0.3) is 0 Å². The van der Waals surface area contributed by atoms with Crippen LogP contribution in [0.3, 0.4) is 0 Å². The van der Waals surface area contributed by atoms with E-state index in [0.29, 0.717) is 6.07 Å². The van der Waals surface area contributed by atoms with Gasteiger partial charge in [0.1, 0.15) is 5.82 Å². The maximum Gasteiger partial charge on any atom is 0.422 e. The van der Waals surface area contributed by atoms with Crippen molar-refractivity contribution < 1.29 is 36.2 Å². The molecule has 0 aliphatic carbocycles. The molecule has 1 aromatic heterocycles. The van der Waals surface area contributed by atoms with Gasteiger partial charge >= 0.3 is 18.3 Å². The molecule has 1 unspecified atom stereocenters. The molecule has 20 heavy (non-hydrogen) atoms. The number of aromatic nitrogens is 1. The molecule has 1 rings (SSSR count). The van der Waals surface area contributed by atoms with E-state index in [4.69, 9.17) is 5.11 Å². The first-order valence-corrected chi connectivity index (χ1v) is 5.00. The van der Waals surface area contributed by atoms with Gasteiger partial charge in [0, 0.05) is 6.20 Å². The second kappa shape index (κ2) is 4.84. The van der Waals surface area contributed by atoms with Gasteiger partial charge in [-0.3, -0.25) is 0 Å². The van der Waals surface area contributed by atoms with Crippen LogP contribution in [0.15, 0.2) is 18.3 Å². The molecule has 0 radical (unpaired) electrons. The van der Waals surface area contributed by atoms with Crippen molar-refractivity contribution in [2.75, 3.05) is 5.32 Å². The highest BCUT2D eigenvalue weighted by atomic mass is 19.4. The minimum absolute atomic E-state index is 0.212. The minimum atomic E-state index is -5.32. The molecule has 10 heteroatoms. The number of carboxylic acid groups (broad SMARTS) is 1. The number of hydrogen-bond donors (Lipinski definition) is 2. The van der Waals surface area contributed by atoms with Crippen molar-refractivity contribution in [3.8, 4) is 0 Å². The lowest BCUT2D eigenvalue weighted by Crippen LogP contribution is -2.56. The summed E-state index contributed by atoms with van der Waals surface area (Å²) in [6.45, 7) is 0.212. The summed E-state index contributed by atoms with van der Waals surface area (Å²) in [6.07, 6.45) is -9.48. The van der Waals surface area contributed by atoms with E-state index in [-0.39, 0.29) is 6.92 Å². The lowest BCUT2D eigenvalue weighted by Gasteiger charge is -2.30. The standard InChI is InChI=1S/C10H8F6N2O2/c1-8(7(19)20,10(14,15)16)18-6-5(9(11,12)13)3-2-4-17-6/h2-4H,1H3,(H,17,18)(H,19,20). The van der Waals surface area contributed by atoms with Gasteiger partial charge in [-0.05, 0) is 19.1 Å². The lowest BCUT2D eigenvalue weighted by molar-refractivity contribution is -0.193. The van der Waals surface area contributed by atoms with Crippen molar-refractivity contribution in [1.82, 2.24) is 4.98 Å². The number of aliphatic carboxylic acids is 1. The largest absolute Gasteiger partial charge is 0.479 e. The van der Waals surface area contributed by atoms with E-state index < -0.39 is 35.2 Å². The molecule has 0 amide bonds. The average Bonchev–Trinajstić information content (AvgIpc) is 2.26. The number of hydrogen-bond acceptors (Lipinski definition) is 3. The first-order valence-electron chi connectivity index (χ1n) is 5.00. The molecule has 0 aliphatic rings. The predicted octanol–water partition coefficient (Wildman–Crippen LogP) is 2.92. The third kappa shape index (κ3) is 2.94. The van der Waals surface area contributed by atoms with Gasteiger partial charge in [0.15, 0.2) is 0 Å². The van der Waals surface area contributed by atoms with Gasteiger partial charge in [-0.1, -0.05) is 0 Å². The van der Waals surface area contributed by atoms with Gasteiger partial charge in [-0.25, -0.2) is 9.78 Å². The first-order chi connectivity index (χ1) is 8.89. The molecule has 112 valence electrons. The molecule has 0 aromatic carbocycles. The van der Waals surface area contributed by atoms with Gasteiger partial charge in [-0.15, -0.1) is 0 Å². The first kappa shape index (κ1) is 16.1. The molecule has 1 aromatic rings. The summed E-state index contributed by atoms with van der Waals surface area (Å²) in [5.41, 5.74) is -5.09. The molecule has 4 nitrogen and oxygen atoms in total. The summed E-state index contributed by atoms with van der Waals surface area (Å²) in [7, 11) is 0. The minimum Gasteiger partial charge on any atom is -0.479 e. The Morgan fingerprint density at radius 3 is 2.20 bits per heavy atom. The molecule has 2 N–H and O–H groups in total. The van der Waals surface area contributed by atoms with Crippen LogP contribution in [0.25, 0.3) is 0 Å². The van der Waals surface area contributed by atoms with Crippen molar-refractivity contribution in [3.05, 3.63) is 23.9 Å². The Labute approximate surface area is 108 Å². The Balaban J connectivity index is 3.31. The molecule has 1 atom stereocenters. The molecular weight excluding hydrogens is 294 g/mol. The molecule has 0 spiro atoms. The second-order valence-electron chi connectivity index (χ2n) is 3.95. The number of pyridine rings is 1. The fraction of sp³-hybridized carbons (Fsp3) is 0.400. The second-order valence-corrected chi connectivity index (χ2v) is 3.95. The monoisotopic (exact) mass is 302 g/mol. The molecule has 0 saturated carbocycles. The Morgan fingerprint density at radius 1 is 1.25 bits per heavy atom. The summed E-state index contributed by atoms with van der Waals surface area (Å²) in [6, 6.07) is 1.37. The fourth-order valence-electron chi connectivity index (χ4n) is 1.22. The summed E-state index contributed by atoms with van der Waals surface area (Å²) in [5.74, 6) is -3.58. The van der Waals surface area contributed by atoms with E-state index in [9.17, 15) is 31.1 Å². The Kier molecular flexibility index (Phi) is 3.88. The number of nitrogens with one attached hydrogen (secondary N) is 1. The van der Waals surface area contributed by atoms with E-state index in [1.54, 1.807) is 0 Å². The normalized spacial score (nSPS) is 15.6. The molecule has 0 fully saturated rings. The van der Waals surface area contributed by atoms with Crippen molar-refractivity contribution in [2.24, 2.45) is 0 Å². The Morgan fingerprint density at radius 2 is 1.80 bits per heavy atom. The highest BCUT2D eigenvalue weighted by Gasteiger charge is 2.58. The van der Waals surface area contributed by atoms with E-state index in [2.05, 4.69) is 4.98 Å². The number of halogens is 6. The quantitative estimate of drug-likeness (QED) is 0.843. The Bertz CT molecular complexity index is 513.